The van der Waals surface area contributed by atoms with Gasteiger partial charge < -0.3 is 9.47 Å². The lowest BCUT2D eigenvalue weighted by Gasteiger charge is -2.55. The van der Waals surface area contributed by atoms with Crippen LogP contribution in [0, 0.1) is 11.3 Å². The van der Waals surface area contributed by atoms with Crippen molar-refractivity contribution in [3.8, 4) is 0 Å². The normalized spacial score (nSPS) is 30.6. The van der Waals surface area contributed by atoms with Crippen molar-refractivity contribution in [3.05, 3.63) is 48.0 Å². The van der Waals surface area contributed by atoms with Gasteiger partial charge in [0.05, 0.1) is 13.2 Å². The van der Waals surface area contributed by atoms with E-state index in [1.807, 2.05) is 49.4 Å². The molecule has 0 radical (unpaired) electrons. The van der Waals surface area contributed by atoms with Crippen LogP contribution in [0.15, 0.2) is 47.5 Å². The highest BCUT2D eigenvalue weighted by atomic mass is 16.5. The van der Waals surface area contributed by atoms with E-state index in [1.165, 1.54) is 0 Å². The molecule has 2 aliphatic rings. The molecule has 0 N–H and O–H groups in total. The molecule has 0 bridgehead atoms. The van der Waals surface area contributed by atoms with Crippen molar-refractivity contribution < 1.29 is 19.1 Å². The fourth-order valence-corrected chi connectivity index (χ4v) is 4.13. The van der Waals surface area contributed by atoms with E-state index in [9.17, 15) is 9.59 Å². The monoisotopic (exact) mass is 341 g/mol. The van der Waals surface area contributed by atoms with Gasteiger partial charge in [-0.25, -0.2) is 4.99 Å². The van der Waals surface area contributed by atoms with Gasteiger partial charge >= 0.3 is 5.97 Å². The average molecular weight is 341 g/mol. The Bertz CT molecular complexity index is 739. The predicted molar refractivity (Wildman–Crippen MR) is 94.2 cm³/mol. The Morgan fingerprint density at radius 2 is 2.00 bits per heavy atom. The largest absolute Gasteiger partial charge is 0.476 e. The maximum Gasteiger partial charge on any atom is 0.323 e. The van der Waals surface area contributed by atoms with Crippen LogP contribution in [0.5, 0.6) is 0 Å². The molecule has 0 unspecified atom stereocenters. The number of Topliss-reactive ketones (excluding diaryl/α,β-unsaturated/α-hetero) is 1. The summed E-state index contributed by atoms with van der Waals surface area (Å²) in [5.74, 6) is -0.905. The Morgan fingerprint density at radius 3 is 2.60 bits per heavy atom. The molecule has 1 saturated carbocycles. The van der Waals surface area contributed by atoms with Gasteiger partial charge in [0.1, 0.15) is 5.54 Å². The van der Waals surface area contributed by atoms with Gasteiger partial charge in [-0.2, -0.15) is 0 Å². The number of hydrogen-bond acceptors (Lipinski definition) is 5. The van der Waals surface area contributed by atoms with E-state index in [2.05, 4.69) is 0 Å². The standard InChI is InChI=1S/C20H23NO4/c1-4-10-15-13-19(18(23)25-6-3)16(22)17(24-5-2)21-20(15,19)14-11-8-7-9-12-14/h4,7-12,15H,5-6,13H2,1-3H3/b10-4+/t15-,19-,20-/m1/s1. The van der Waals surface area contributed by atoms with E-state index in [0.29, 0.717) is 13.0 Å². The molecule has 1 aliphatic carbocycles. The number of ketones is 1. The van der Waals surface area contributed by atoms with Gasteiger partial charge in [-0.1, -0.05) is 42.5 Å². The summed E-state index contributed by atoms with van der Waals surface area (Å²) in [5.41, 5.74) is -1.49. The quantitative estimate of drug-likeness (QED) is 0.469. The molecular formula is C20H23NO4. The molecule has 0 amide bonds. The third-order valence-corrected chi connectivity index (χ3v) is 5.12. The van der Waals surface area contributed by atoms with Gasteiger partial charge in [0.2, 0.25) is 5.78 Å². The number of carbonyl (C=O) groups excluding carboxylic acids is 2. The topological polar surface area (TPSA) is 65.0 Å². The Kier molecular flexibility index (Phi) is 4.50. The number of esters is 1. The number of carbonyl (C=O) groups is 2. The maximum atomic E-state index is 13.1. The predicted octanol–water partition coefficient (Wildman–Crippen LogP) is 3.05. The van der Waals surface area contributed by atoms with E-state index in [1.54, 1.807) is 13.8 Å². The van der Waals surface area contributed by atoms with E-state index < -0.39 is 16.9 Å². The van der Waals surface area contributed by atoms with E-state index in [4.69, 9.17) is 14.5 Å². The minimum atomic E-state index is -1.33. The van der Waals surface area contributed by atoms with Gasteiger partial charge in [0.15, 0.2) is 5.41 Å². The van der Waals surface area contributed by atoms with Crippen LogP contribution in [0.4, 0.5) is 0 Å². The second-order valence-electron chi connectivity index (χ2n) is 6.27. The summed E-state index contributed by atoms with van der Waals surface area (Å²) in [6.45, 7) is 6.00. The van der Waals surface area contributed by atoms with E-state index >= 15 is 0 Å². The third kappa shape index (κ3) is 2.18. The number of benzene rings is 1. The fraction of sp³-hybridized carbons (Fsp3) is 0.450. The van der Waals surface area contributed by atoms with Crippen molar-refractivity contribution in [2.75, 3.05) is 13.2 Å². The van der Waals surface area contributed by atoms with Crippen molar-refractivity contribution in [3.63, 3.8) is 0 Å². The second kappa shape index (κ2) is 6.47. The zero-order valence-corrected chi connectivity index (χ0v) is 14.8. The maximum absolute atomic E-state index is 13.1. The van der Waals surface area contributed by atoms with Crippen molar-refractivity contribution in [2.24, 2.45) is 16.3 Å². The molecule has 1 aliphatic heterocycles. The smallest absolute Gasteiger partial charge is 0.323 e. The first kappa shape index (κ1) is 17.4. The molecule has 0 saturated heterocycles. The van der Waals surface area contributed by atoms with E-state index in [-0.39, 0.29) is 24.2 Å². The lowest BCUT2D eigenvalue weighted by molar-refractivity contribution is -0.176. The second-order valence-corrected chi connectivity index (χ2v) is 6.27. The molecule has 0 spiro atoms. The number of rotatable bonds is 5. The summed E-state index contributed by atoms with van der Waals surface area (Å²) in [5, 5.41) is 0. The lowest BCUT2D eigenvalue weighted by atomic mass is 9.46. The molecule has 1 heterocycles. The SMILES string of the molecule is C/C=C/[C@@H]1C[C@]2(C(=O)OCC)C(=O)C(OCC)=N[C@]12c1ccccc1. The zero-order chi connectivity index (χ0) is 18.1. The first-order valence-corrected chi connectivity index (χ1v) is 8.71. The zero-order valence-electron chi connectivity index (χ0n) is 14.8. The molecule has 1 aromatic rings. The van der Waals surface area contributed by atoms with Crippen LogP contribution in [0.25, 0.3) is 0 Å². The summed E-state index contributed by atoms with van der Waals surface area (Å²) >= 11 is 0. The van der Waals surface area contributed by atoms with Crippen LogP contribution in [0.2, 0.25) is 0 Å². The number of nitrogens with zero attached hydrogens (tertiary/aromatic N) is 1. The van der Waals surface area contributed by atoms with Crippen molar-refractivity contribution in [2.45, 2.75) is 32.7 Å². The molecule has 5 nitrogen and oxygen atoms in total. The van der Waals surface area contributed by atoms with Crippen LogP contribution in [-0.2, 0) is 24.6 Å². The summed E-state index contributed by atoms with van der Waals surface area (Å²) in [6, 6.07) is 9.51. The Labute approximate surface area is 147 Å². The Morgan fingerprint density at radius 1 is 1.28 bits per heavy atom. The number of aliphatic imine (C=N–C) groups is 1. The first-order chi connectivity index (χ1) is 12.1. The summed E-state index contributed by atoms with van der Waals surface area (Å²) in [7, 11) is 0. The molecule has 25 heavy (non-hydrogen) atoms. The van der Waals surface area contributed by atoms with Gasteiger partial charge in [-0.15, -0.1) is 0 Å². The summed E-state index contributed by atoms with van der Waals surface area (Å²) in [4.78, 5) is 30.8. The van der Waals surface area contributed by atoms with Crippen LogP contribution >= 0.6 is 0 Å². The lowest BCUT2D eigenvalue weighted by Crippen LogP contribution is -2.65. The highest BCUT2D eigenvalue weighted by molar-refractivity contribution is 6.45. The third-order valence-electron chi connectivity index (χ3n) is 5.12. The molecule has 1 aromatic carbocycles. The van der Waals surface area contributed by atoms with Crippen LogP contribution < -0.4 is 0 Å². The number of fused-ring (bicyclic) bond motifs is 1. The van der Waals surface area contributed by atoms with Crippen molar-refractivity contribution in [1.82, 2.24) is 0 Å². The molecule has 3 atom stereocenters. The molecule has 132 valence electrons. The van der Waals surface area contributed by atoms with Gasteiger partial charge in [0.25, 0.3) is 5.90 Å². The van der Waals surface area contributed by atoms with Gasteiger partial charge in [0, 0.05) is 5.92 Å². The highest BCUT2D eigenvalue weighted by Gasteiger charge is 2.78. The van der Waals surface area contributed by atoms with Crippen molar-refractivity contribution in [1.29, 1.82) is 0 Å². The highest BCUT2D eigenvalue weighted by Crippen LogP contribution is 2.67. The van der Waals surface area contributed by atoms with Gasteiger partial charge in [-0.3, -0.25) is 9.59 Å². The molecule has 3 rings (SSSR count). The molecule has 0 aromatic heterocycles. The minimum absolute atomic E-state index is 0.0337. The van der Waals surface area contributed by atoms with Gasteiger partial charge in [-0.05, 0) is 32.8 Å². The Hall–Kier alpha value is -2.43. The number of ether oxygens (including phenoxy) is 2. The average Bonchev–Trinajstić information content (AvgIpc) is 2.80. The Balaban J connectivity index is 2.22. The van der Waals surface area contributed by atoms with Crippen LogP contribution in [0.1, 0.15) is 32.8 Å². The molecule has 1 fully saturated rings. The minimum Gasteiger partial charge on any atom is -0.476 e. The number of allylic oxidation sites excluding steroid dienone is 1. The first-order valence-electron chi connectivity index (χ1n) is 8.71. The summed E-state index contributed by atoms with van der Waals surface area (Å²) < 4.78 is 10.8. The van der Waals surface area contributed by atoms with Crippen molar-refractivity contribution >= 4 is 17.7 Å². The molecular weight excluding hydrogens is 318 g/mol. The van der Waals surface area contributed by atoms with Crippen LogP contribution in [0.3, 0.4) is 0 Å². The van der Waals surface area contributed by atoms with Crippen LogP contribution in [-0.4, -0.2) is 30.9 Å². The fourth-order valence-electron chi connectivity index (χ4n) is 4.13. The molecule has 5 heteroatoms. The van der Waals surface area contributed by atoms with E-state index in [0.717, 1.165) is 5.56 Å². The summed E-state index contributed by atoms with van der Waals surface area (Å²) in [6.07, 6.45) is 4.32. The number of hydrogen-bond donors (Lipinski definition) is 0.